The van der Waals surface area contributed by atoms with Crippen molar-refractivity contribution in [1.82, 2.24) is 0 Å². The first kappa shape index (κ1) is 15.3. The van der Waals surface area contributed by atoms with E-state index in [4.69, 9.17) is 16.3 Å². The molecule has 0 fully saturated rings. The van der Waals surface area contributed by atoms with Crippen molar-refractivity contribution >= 4 is 11.6 Å². The van der Waals surface area contributed by atoms with Crippen molar-refractivity contribution < 1.29 is 14.2 Å². The molecule has 0 aliphatic carbocycles. The van der Waals surface area contributed by atoms with E-state index in [2.05, 4.69) is 0 Å². The van der Waals surface area contributed by atoms with Gasteiger partial charge in [-0.1, -0.05) is 37.6 Å². The van der Waals surface area contributed by atoms with Crippen molar-refractivity contribution in [2.75, 3.05) is 0 Å². The van der Waals surface area contributed by atoms with Crippen LogP contribution in [0.4, 0.5) is 4.39 Å². The van der Waals surface area contributed by atoms with Gasteiger partial charge in [-0.25, -0.2) is 4.39 Å². The van der Waals surface area contributed by atoms with Gasteiger partial charge in [0.05, 0.1) is 5.02 Å². The van der Waals surface area contributed by atoms with Gasteiger partial charge >= 0.3 is 0 Å². The zero-order chi connectivity index (χ0) is 14.3. The van der Waals surface area contributed by atoms with Gasteiger partial charge in [0.1, 0.15) is 23.9 Å². The average Bonchev–Trinajstić information content (AvgIpc) is 2.44. The molecule has 19 heavy (non-hydrogen) atoms. The second-order valence-electron chi connectivity index (χ2n) is 3.53. The minimum absolute atomic E-state index is 0.0866. The Balaban J connectivity index is 0.000000861. The maximum atomic E-state index is 12.7. The topological polar surface area (TPSA) is 29.5 Å². The predicted molar refractivity (Wildman–Crippen MR) is 75.2 cm³/mol. The monoisotopic (exact) mass is 282 g/mol. The molecule has 2 rings (SSSR count). The van der Waals surface area contributed by atoms with Crippen LogP contribution in [0.15, 0.2) is 42.5 Å². The van der Waals surface area contributed by atoms with Crippen LogP contribution in [0.1, 0.15) is 19.4 Å². The van der Waals surface area contributed by atoms with E-state index in [9.17, 15) is 9.50 Å². The second-order valence-corrected chi connectivity index (χ2v) is 3.94. The van der Waals surface area contributed by atoms with E-state index in [1.54, 1.807) is 18.2 Å². The van der Waals surface area contributed by atoms with E-state index in [-0.39, 0.29) is 18.2 Å². The van der Waals surface area contributed by atoms with Crippen LogP contribution in [-0.4, -0.2) is 5.11 Å². The number of hydrogen-bond donors (Lipinski definition) is 1. The van der Waals surface area contributed by atoms with Gasteiger partial charge in [0.15, 0.2) is 0 Å². The van der Waals surface area contributed by atoms with Gasteiger partial charge in [-0.3, -0.25) is 0 Å². The number of ether oxygens (including phenoxy) is 1. The van der Waals surface area contributed by atoms with Gasteiger partial charge in [0.25, 0.3) is 0 Å². The van der Waals surface area contributed by atoms with E-state index in [1.165, 1.54) is 24.3 Å². The van der Waals surface area contributed by atoms with E-state index in [1.807, 2.05) is 13.8 Å². The molecule has 2 nitrogen and oxygen atoms in total. The summed E-state index contributed by atoms with van der Waals surface area (Å²) in [6, 6.07) is 10.5. The van der Waals surface area contributed by atoms with Crippen LogP contribution >= 0.6 is 11.6 Å². The highest BCUT2D eigenvalue weighted by atomic mass is 35.5. The summed E-state index contributed by atoms with van der Waals surface area (Å²) in [7, 11) is 0. The quantitative estimate of drug-likeness (QED) is 0.877. The average molecular weight is 283 g/mol. The van der Waals surface area contributed by atoms with Gasteiger partial charge in [-0.2, -0.15) is 0 Å². The molecule has 1 N–H and O–H groups in total. The fraction of sp³-hybridized carbons (Fsp3) is 0.200. The lowest BCUT2D eigenvalue weighted by atomic mass is 10.2. The molecule has 0 unspecified atom stereocenters. The van der Waals surface area contributed by atoms with Crippen molar-refractivity contribution in [3.8, 4) is 11.5 Å². The largest absolute Gasteiger partial charge is 0.508 e. The van der Waals surface area contributed by atoms with Crippen LogP contribution in [-0.2, 0) is 6.61 Å². The highest BCUT2D eigenvalue weighted by molar-refractivity contribution is 6.32. The highest BCUT2D eigenvalue weighted by Crippen LogP contribution is 2.28. The third-order valence-corrected chi connectivity index (χ3v) is 2.53. The van der Waals surface area contributed by atoms with E-state index >= 15 is 0 Å². The molecule has 2 aromatic rings. The number of rotatable bonds is 3. The van der Waals surface area contributed by atoms with Gasteiger partial charge in [0, 0.05) is 6.07 Å². The van der Waals surface area contributed by atoms with Crippen LogP contribution in [0, 0.1) is 5.82 Å². The maximum absolute atomic E-state index is 12.7. The van der Waals surface area contributed by atoms with E-state index < -0.39 is 0 Å². The van der Waals surface area contributed by atoms with Crippen molar-refractivity contribution in [1.29, 1.82) is 0 Å². The predicted octanol–water partition coefficient (Wildman–Crippen LogP) is 4.79. The third-order valence-electron chi connectivity index (χ3n) is 2.22. The Kier molecular flexibility index (Phi) is 6.16. The summed E-state index contributed by atoms with van der Waals surface area (Å²) < 4.78 is 18.1. The smallest absolute Gasteiger partial charge is 0.142 e. The molecule has 0 heterocycles. The normalized spacial score (nSPS) is 9.47. The number of phenols is 1. The molecule has 4 heteroatoms. The summed E-state index contributed by atoms with van der Waals surface area (Å²) in [5.41, 5.74) is 0.825. The van der Waals surface area contributed by atoms with Crippen molar-refractivity contribution in [2.45, 2.75) is 20.5 Å². The summed E-state index contributed by atoms with van der Waals surface area (Å²) in [4.78, 5) is 0. The van der Waals surface area contributed by atoms with Crippen molar-refractivity contribution in [2.24, 2.45) is 0 Å². The minimum atomic E-state index is -0.288. The minimum Gasteiger partial charge on any atom is -0.508 e. The van der Waals surface area contributed by atoms with Crippen LogP contribution in [0.5, 0.6) is 11.5 Å². The molecular formula is C15H16ClFO2. The Morgan fingerprint density at radius 1 is 1.11 bits per heavy atom. The molecule has 0 saturated heterocycles. The second kappa shape index (κ2) is 7.64. The van der Waals surface area contributed by atoms with Crippen LogP contribution < -0.4 is 4.74 Å². The molecule has 0 aliphatic heterocycles. The molecule has 0 aliphatic rings. The summed E-state index contributed by atoms with van der Waals surface area (Å²) in [5.74, 6) is 0.198. The molecule has 2 aromatic carbocycles. The van der Waals surface area contributed by atoms with E-state index in [0.717, 1.165) is 5.56 Å². The van der Waals surface area contributed by atoms with Crippen LogP contribution in [0.25, 0.3) is 0 Å². The number of aromatic hydroxyl groups is 1. The maximum Gasteiger partial charge on any atom is 0.142 e. The number of phenolic OH excluding ortho intramolecular Hbond substituents is 1. The Morgan fingerprint density at radius 2 is 1.74 bits per heavy atom. The Bertz CT molecular complexity index is 512. The van der Waals surface area contributed by atoms with Crippen molar-refractivity contribution in [3.05, 3.63) is 58.9 Å². The fourth-order valence-electron chi connectivity index (χ4n) is 1.34. The molecule has 0 atom stereocenters. The summed E-state index contributed by atoms with van der Waals surface area (Å²) in [6.45, 7) is 4.27. The van der Waals surface area contributed by atoms with Gasteiger partial charge in [-0.15, -0.1) is 0 Å². The first-order valence-corrected chi connectivity index (χ1v) is 6.39. The van der Waals surface area contributed by atoms with E-state index in [0.29, 0.717) is 10.8 Å². The molecular weight excluding hydrogens is 267 g/mol. The lowest BCUT2D eigenvalue weighted by Gasteiger charge is -2.08. The van der Waals surface area contributed by atoms with Gasteiger partial charge in [0.2, 0.25) is 0 Å². The van der Waals surface area contributed by atoms with Crippen molar-refractivity contribution in [3.63, 3.8) is 0 Å². The molecule has 0 aromatic heterocycles. The molecule has 0 bridgehead atoms. The highest BCUT2D eigenvalue weighted by Gasteiger charge is 2.03. The lowest BCUT2D eigenvalue weighted by molar-refractivity contribution is 0.304. The molecule has 0 radical (unpaired) electrons. The zero-order valence-corrected chi connectivity index (χ0v) is 11.6. The molecule has 0 saturated carbocycles. The Morgan fingerprint density at radius 3 is 2.37 bits per heavy atom. The third kappa shape index (κ3) is 4.79. The molecule has 0 amide bonds. The molecule has 0 spiro atoms. The summed E-state index contributed by atoms with van der Waals surface area (Å²) in [6.07, 6.45) is 0. The van der Waals surface area contributed by atoms with Crippen LogP contribution in [0.3, 0.4) is 0 Å². The molecule has 102 valence electrons. The van der Waals surface area contributed by atoms with Gasteiger partial charge < -0.3 is 9.84 Å². The van der Waals surface area contributed by atoms with Crippen LogP contribution in [0.2, 0.25) is 5.02 Å². The fourth-order valence-corrected chi connectivity index (χ4v) is 1.52. The first-order valence-electron chi connectivity index (χ1n) is 6.01. The lowest BCUT2D eigenvalue weighted by Crippen LogP contribution is -1.95. The summed E-state index contributed by atoms with van der Waals surface area (Å²) >= 11 is 5.89. The number of benzene rings is 2. The van der Waals surface area contributed by atoms with Gasteiger partial charge in [-0.05, 0) is 29.8 Å². The number of halogens is 2. The summed E-state index contributed by atoms with van der Waals surface area (Å²) in [5, 5.41) is 9.70. The first-order chi connectivity index (χ1) is 9.15. The SMILES string of the molecule is CC.Oc1ccc(Cl)c(OCc2ccc(F)cc2)c1. The Hall–Kier alpha value is -1.74. The number of hydrogen-bond acceptors (Lipinski definition) is 2. The zero-order valence-electron chi connectivity index (χ0n) is 10.9. The Labute approximate surface area is 117 Å². The standard InChI is InChI=1S/C13H10ClFO2.C2H6/c14-12-6-5-11(16)7-13(12)17-8-9-1-3-10(15)4-2-9;1-2/h1-7,16H,8H2;1-2H3.